The van der Waals surface area contributed by atoms with Crippen molar-refractivity contribution in [1.29, 1.82) is 0 Å². The fraction of sp³-hybridized carbons (Fsp3) is 0.0667. The summed E-state index contributed by atoms with van der Waals surface area (Å²) in [6.07, 6.45) is 0. The summed E-state index contributed by atoms with van der Waals surface area (Å²) in [5, 5.41) is 8.12. The Balaban J connectivity index is 1.79. The van der Waals surface area contributed by atoms with Crippen LogP contribution in [0.1, 0.15) is 16.1 Å². The van der Waals surface area contributed by atoms with E-state index in [0.29, 0.717) is 5.02 Å². The number of hydrogen-bond acceptors (Lipinski definition) is 3. The smallest absolute Gasteiger partial charge is 0.359 e. The molecule has 0 radical (unpaired) electrons. The molecule has 0 amide bonds. The summed E-state index contributed by atoms with van der Waals surface area (Å²) < 4.78 is 5.26. The number of nitrogens with zero attached hydrogens (tertiary/aromatic N) is 1. The maximum Gasteiger partial charge on any atom is 0.359 e. The van der Waals surface area contributed by atoms with E-state index in [1.165, 1.54) is 0 Å². The van der Waals surface area contributed by atoms with Gasteiger partial charge < -0.3 is 4.74 Å². The highest BCUT2D eigenvalue weighted by Crippen LogP contribution is 2.19. The van der Waals surface area contributed by atoms with Gasteiger partial charge in [0.2, 0.25) is 0 Å². The molecule has 3 aromatic rings. The molecule has 1 aromatic heterocycles. The van der Waals surface area contributed by atoms with Gasteiger partial charge in [0.15, 0.2) is 5.69 Å². The van der Waals surface area contributed by atoms with Crippen LogP contribution in [0.5, 0.6) is 0 Å². The number of aromatic nitrogens is 2. The maximum absolute atomic E-state index is 12.1. The molecule has 1 N–H and O–H groups in total. The van der Waals surface area contributed by atoms with E-state index in [2.05, 4.69) is 10.2 Å². The van der Waals surface area contributed by atoms with Crippen molar-refractivity contribution in [3.8, 4) is 0 Å². The van der Waals surface area contributed by atoms with Crippen LogP contribution in [0.25, 0.3) is 10.9 Å². The second kappa shape index (κ2) is 5.35. The van der Waals surface area contributed by atoms with Gasteiger partial charge in [0.25, 0.3) is 0 Å². The number of esters is 1. The minimum atomic E-state index is -0.470. The number of halogens is 1. The molecule has 5 heteroatoms. The van der Waals surface area contributed by atoms with Crippen LogP contribution in [0.15, 0.2) is 48.5 Å². The molecule has 0 saturated carbocycles. The van der Waals surface area contributed by atoms with Crippen molar-refractivity contribution in [1.82, 2.24) is 10.2 Å². The molecule has 2 aromatic carbocycles. The Bertz CT molecular complexity index is 767. The second-order valence-corrected chi connectivity index (χ2v) is 4.69. The van der Waals surface area contributed by atoms with E-state index in [0.717, 1.165) is 16.5 Å². The number of carbonyl (C=O) groups is 1. The summed E-state index contributed by atoms with van der Waals surface area (Å²) >= 11 is 6.01. The van der Waals surface area contributed by atoms with Gasteiger partial charge in [-0.15, -0.1) is 0 Å². The van der Waals surface area contributed by atoms with Crippen LogP contribution in [0.2, 0.25) is 5.02 Å². The first-order valence-corrected chi connectivity index (χ1v) is 6.47. The van der Waals surface area contributed by atoms with Crippen LogP contribution >= 0.6 is 11.6 Å². The third-order valence-corrected chi connectivity index (χ3v) is 3.35. The van der Waals surface area contributed by atoms with Gasteiger partial charge in [0, 0.05) is 16.0 Å². The highest BCUT2D eigenvalue weighted by Gasteiger charge is 2.15. The number of rotatable bonds is 3. The Morgan fingerprint density at radius 2 is 1.90 bits per heavy atom. The number of benzene rings is 2. The van der Waals surface area contributed by atoms with E-state index in [4.69, 9.17) is 16.3 Å². The number of aromatic amines is 1. The Morgan fingerprint density at radius 1 is 1.15 bits per heavy atom. The molecule has 100 valence electrons. The lowest BCUT2D eigenvalue weighted by Crippen LogP contribution is -2.06. The van der Waals surface area contributed by atoms with Gasteiger partial charge in [0.05, 0.1) is 5.52 Å². The average molecular weight is 287 g/mol. The number of hydrogen-bond donors (Lipinski definition) is 1. The van der Waals surface area contributed by atoms with Crippen molar-refractivity contribution in [3.05, 3.63) is 64.8 Å². The molecule has 0 aliphatic heterocycles. The summed E-state index contributed by atoms with van der Waals surface area (Å²) in [5.74, 6) is -0.470. The fourth-order valence-corrected chi connectivity index (χ4v) is 2.14. The predicted molar refractivity (Wildman–Crippen MR) is 76.7 cm³/mol. The van der Waals surface area contributed by atoms with Crippen molar-refractivity contribution in [3.63, 3.8) is 0 Å². The quantitative estimate of drug-likeness (QED) is 0.749. The van der Waals surface area contributed by atoms with Gasteiger partial charge in [0.1, 0.15) is 6.61 Å². The Morgan fingerprint density at radius 3 is 2.75 bits per heavy atom. The molecule has 4 nitrogen and oxygen atoms in total. The molecular weight excluding hydrogens is 276 g/mol. The lowest BCUT2D eigenvalue weighted by atomic mass is 10.2. The van der Waals surface area contributed by atoms with Gasteiger partial charge in [-0.1, -0.05) is 48.0 Å². The number of carbonyl (C=O) groups excluding carboxylic acids is 1. The highest BCUT2D eigenvalue weighted by atomic mass is 35.5. The van der Waals surface area contributed by atoms with Crippen molar-refractivity contribution in [2.75, 3.05) is 0 Å². The summed E-state index contributed by atoms with van der Waals surface area (Å²) in [6, 6.07) is 14.7. The van der Waals surface area contributed by atoms with Crippen LogP contribution in [-0.2, 0) is 11.3 Å². The number of H-pyrrole nitrogens is 1. The molecule has 1 heterocycles. The molecule has 0 bridgehead atoms. The summed E-state index contributed by atoms with van der Waals surface area (Å²) in [4.78, 5) is 12.1. The van der Waals surface area contributed by atoms with E-state index in [1.807, 2.05) is 42.5 Å². The first-order valence-electron chi connectivity index (χ1n) is 6.09. The third kappa shape index (κ3) is 2.38. The number of fused-ring (bicyclic) bond motifs is 1. The maximum atomic E-state index is 12.1. The zero-order chi connectivity index (χ0) is 13.9. The van der Waals surface area contributed by atoms with Crippen LogP contribution in [0.3, 0.4) is 0 Å². The van der Waals surface area contributed by atoms with Gasteiger partial charge in [-0.25, -0.2) is 4.79 Å². The molecule has 0 atom stereocenters. The van der Waals surface area contributed by atoms with Crippen molar-refractivity contribution in [2.24, 2.45) is 0 Å². The number of ether oxygens (including phenoxy) is 1. The van der Waals surface area contributed by atoms with Gasteiger partial charge in [-0.05, 0) is 12.1 Å². The third-order valence-electron chi connectivity index (χ3n) is 2.98. The van der Waals surface area contributed by atoms with Crippen LogP contribution in [0.4, 0.5) is 0 Å². The van der Waals surface area contributed by atoms with Crippen molar-refractivity contribution >= 4 is 28.5 Å². The minimum Gasteiger partial charge on any atom is -0.456 e. The zero-order valence-corrected chi connectivity index (χ0v) is 11.2. The minimum absolute atomic E-state index is 0.125. The molecule has 3 rings (SSSR count). The van der Waals surface area contributed by atoms with Crippen molar-refractivity contribution in [2.45, 2.75) is 6.61 Å². The molecule has 20 heavy (non-hydrogen) atoms. The lowest BCUT2D eigenvalue weighted by molar-refractivity contribution is 0.0468. The van der Waals surface area contributed by atoms with E-state index >= 15 is 0 Å². The van der Waals surface area contributed by atoms with Crippen molar-refractivity contribution < 1.29 is 9.53 Å². The van der Waals surface area contributed by atoms with E-state index in [-0.39, 0.29) is 12.3 Å². The monoisotopic (exact) mass is 286 g/mol. The van der Waals surface area contributed by atoms with E-state index in [1.54, 1.807) is 6.07 Å². The largest absolute Gasteiger partial charge is 0.456 e. The Labute approximate surface area is 120 Å². The molecular formula is C15H11ClN2O2. The lowest BCUT2D eigenvalue weighted by Gasteiger charge is -2.05. The van der Waals surface area contributed by atoms with E-state index < -0.39 is 5.97 Å². The number of para-hydroxylation sites is 1. The molecule has 0 fully saturated rings. The average Bonchev–Trinajstić information content (AvgIpc) is 2.90. The predicted octanol–water partition coefficient (Wildman–Crippen LogP) is 3.57. The molecule has 0 unspecified atom stereocenters. The normalized spacial score (nSPS) is 10.7. The fourth-order valence-electron chi connectivity index (χ4n) is 1.95. The SMILES string of the molecule is O=C(OCc1ccccc1Cl)c1n[nH]c2ccccc12. The summed E-state index contributed by atoms with van der Waals surface area (Å²) in [6.45, 7) is 0.125. The second-order valence-electron chi connectivity index (χ2n) is 4.29. The van der Waals surface area contributed by atoms with Gasteiger partial charge in [-0.2, -0.15) is 5.10 Å². The highest BCUT2D eigenvalue weighted by molar-refractivity contribution is 6.31. The van der Waals surface area contributed by atoms with Crippen LogP contribution in [-0.4, -0.2) is 16.2 Å². The van der Waals surface area contributed by atoms with Gasteiger partial charge in [-0.3, -0.25) is 5.10 Å². The standard InChI is InChI=1S/C15H11ClN2O2/c16-12-7-3-1-5-10(12)9-20-15(19)14-11-6-2-4-8-13(11)17-18-14/h1-8H,9H2,(H,17,18). The Kier molecular flexibility index (Phi) is 3.39. The molecule has 0 spiro atoms. The first-order chi connectivity index (χ1) is 9.75. The van der Waals surface area contributed by atoms with Crippen LogP contribution < -0.4 is 0 Å². The number of nitrogens with one attached hydrogen (secondary N) is 1. The van der Waals surface area contributed by atoms with E-state index in [9.17, 15) is 4.79 Å². The van der Waals surface area contributed by atoms with Gasteiger partial charge >= 0.3 is 5.97 Å². The summed E-state index contributed by atoms with van der Waals surface area (Å²) in [5.41, 5.74) is 1.85. The molecule has 0 aliphatic rings. The molecule has 0 saturated heterocycles. The topological polar surface area (TPSA) is 55.0 Å². The molecule has 0 aliphatic carbocycles. The summed E-state index contributed by atoms with van der Waals surface area (Å²) in [7, 11) is 0. The Hall–Kier alpha value is -2.33. The van der Waals surface area contributed by atoms with Crippen LogP contribution in [0, 0.1) is 0 Å². The first kappa shape index (κ1) is 12.7. The zero-order valence-electron chi connectivity index (χ0n) is 10.5.